The van der Waals surface area contributed by atoms with Crippen molar-refractivity contribution in [2.75, 3.05) is 13.6 Å². The third kappa shape index (κ3) is 3.80. The molecule has 1 N–H and O–H groups in total. The van der Waals surface area contributed by atoms with Gasteiger partial charge in [0.05, 0.1) is 0 Å². The summed E-state index contributed by atoms with van der Waals surface area (Å²) in [4.78, 5) is 6.74. The SMILES string of the molecule is CCNC1CC(C)CC(C)C1N(C)Cc1cccnc1. The number of rotatable bonds is 5. The summed E-state index contributed by atoms with van der Waals surface area (Å²) in [6.45, 7) is 9.05. The first-order valence-electron chi connectivity index (χ1n) is 7.94. The molecular weight excluding hydrogens is 246 g/mol. The molecular formula is C17H29N3. The van der Waals surface area contributed by atoms with Gasteiger partial charge in [-0.05, 0) is 49.9 Å². The summed E-state index contributed by atoms with van der Waals surface area (Å²) in [7, 11) is 2.26. The van der Waals surface area contributed by atoms with E-state index >= 15 is 0 Å². The van der Waals surface area contributed by atoms with Crippen LogP contribution in [0.1, 0.15) is 39.2 Å². The fourth-order valence-electron chi connectivity index (χ4n) is 3.93. The highest BCUT2D eigenvalue weighted by Crippen LogP contribution is 2.32. The summed E-state index contributed by atoms with van der Waals surface area (Å²) >= 11 is 0. The predicted octanol–water partition coefficient (Wildman–Crippen LogP) is 2.93. The molecule has 0 aliphatic heterocycles. The summed E-state index contributed by atoms with van der Waals surface area (Å²) < 4.78 is 0. The van der Waals surface area contributed by atoms with E-state index in [0.29, 0.717) is 12.1 Å². The predicted molar refractivity (Wildman–Crippen MR) is 84.5 cm³/mol. The summed E-state index contributed by atoms with van der Waals surface area (Å²) in [6.07, 6.45) is 6.45. The van der Waals surface area contributed by atoms with Crippen molar-refractivity contribution in [3.63, 3.8) is 0 Å². The second-order valence-electron chi connectivity index (χ2n) is 6.49. The Hall–Kier alpha value is -0.930. The van der Waals surface area contributed by atoms with E-state index in [0.717, 1.165) is 24.9 Å². The Labute approximate surface area is 123 Å². The van der Waals surface area contributed by atoms with Crippen molar-refractivity contribution in [2.24, 2.45) is 11.8 Å². The third-order valence-electron chi connectivity index (χ3n) is 4.56. The Morgan fingerprint density at radius 3 is 2.80 bits per heavy atom. The highest BCUT2D eigenvalue weighted by Gasteiger charge is 2.35. The fourth-order valence-corrected chi connectivity index (χ4v) is 3.93. The van der Waals surface area contributed by atoms with Gasteiger partial charge in [0.25, 0.3) is 0 Å². The first-order valence-corrected chi connectivity index (χ1v) is 7.94. The normalized spacial score (nSPS) is 30.6. The molecule has 0 bridgehead atoms. The van der Waals surface area contributed by atoms with Gasteiger partial charge in [-0.3, -0.25) is 9.88 Å². The lowest BCUT2D eigenvalue weighted by Gasteiger charge is -2.44. The van der Waals surface area contributed by atoms with Crippen LogP contribution in [0.25, 0.3) is 0 Å². The smallest absolute Gasteiger partial charge is 0.0312 e. The van der Waals surface area contributed by atoms with Gasteiger partial charge in [0.2, 0.25) is 0 Å². The minimum absolute atomic E-state index is 0.612. The maximum atomic E-state index is 4.23. The molecule has 1 aliphatic carbocycles. The van der Waals surface area contributed by atoms with Gasteiger partial charge in [-0.1, -0.05) is 26.8 Å². The van der Waals surface area contributed by atoms with Crippen LogP contribution in [0.15, 0.2) is 24.5 Å². The number of likely N-dealkylation sites (N-methyl/N-ethyl adjacent to an activating group) is 2. The molecule has 3 heteroatoms. The molecule has 0 amide bonds. The van der Waals surface area contributed by atoms with Crippen molar-refractivity contribution in [1.82, 2.24) is 15.2 Å². The molecule has 1 aliphatic rings. The first kappa shape index (κ1) is 15.5. The van der Waals surface area contributed by atoms with Crippen LogP contribution in [0.3, 0.4) is 0 Å². The van der Waals surface area contributed by atoms with Gasteiger partial charge in [0.15, 0.2) is 0 Å². The number of aromatic nitrogens is 1. The molecule has 3 nitrogen and oxygen atoms in total. The lowest BCUT2D eigenvalue weighted by molar-refractivity contribution is 0.0760. The summed E-state index contributed by atoms with van der Waals surface area (Å²) in [5, 5.41) is 3.70. The van der Waals surface area contributed by atoms with Crippen molar-refractivity contribution in [1.29, 1.82) is 0 Å². The maximum absolute atomic E-state index is 4.23. The van der Waals surface area contributed by atoms with Gasteiger partial charge >= 0.3 is 0 Å². The summed E-state index contributed by atoms with van der Waals surface area (Å²) in [6, 6.07) is 5.42. The Morgan fingerprint density at radius 1 is 1.35 bits per heavy atom. The second-order valence-corrected chi connectivity index (χ2v) is 6.49. The van der Waals surface area contributed by atoms with E-state index in [1.807, 2.05) is 18.5 Å². The Morgan fingerprint density at radius 2 is 2.15 bits per heavy atom. The zero-order valence-electron chi connectivity index (χ0n) is 13.3. The van der Waals surface area contributed by atoms with Crippen LogP contribution in [0, 0.1) is 11.8 Å². The molecule has 2 rings (SSSR count). The van der Waals surface area contributed by atoms with Gasteiger partial charge in [-0.15, -0.1) is 0 Å². The lowest BCUT2D eigenvalue weighted by atomic mass is 9.76. The Kier molecular flexibility index (Phi) is 5.55. The molecule has 1 heterocycles. The molecule has 4 atom stereocenters. The Balaban J connectivity index is 2.06. The molecule has 20 heavy (non-hydrogen) atoms. The Bertz CT molecular complexity index is 392. The molecule has 0 spiro atoms. The molecule has 1 fully saturated rings. The summed E-state index contributed by atoms with van der Waals surface area (Å²) in [5.74, 6) is 1.57. The molecule has 1 aromatic rings. The van der Waals surface area contributed by atoms with Crippen molar-refractivity contribution in [3.05, 3.63) is 30.1 Å². The monoisotopic (exact) mass is 275 g/mol. The molecule has 4 unspecified atom stereocenters. The van der Waals surface area contributed by atoms with E-state index < -0.39 is 0 Å². The molecule has 0 saturated heterocycles. The topological polar surface area (TPSA) is 28.2 Å². The van der Waals surface area contributed by atoms with E-state index in [-0.39, 0.29) is 0 Å². The average molecular weight is 275 g/mol. The van der Waals surface area contributed by atoms with Crippen LogP contribution >= 0.6 is 0 Å². The third-order valence-corrected chi connectivity index (χ3v) is 4.56. The lowest BCUT2D eigenvalue weighted by Crippen LogP contribution is -2.55. The molecule has 0 radical (unpaired) electrons. The molecule has 1 saturated carbocycles. The van der Waals surface area contributed by atoms with E-state index in [1.165, 1.54) is 18.4 Å². The van der Waals surface area contributed by atoms with Crippen LogP contribution in [0.2, 0.25) is 0 Å². The zero-order valence-corrected chi connectivity index (χ0v) is 13.3. The van der Waals surface area contributed by atoms with Gasteiger partial charge in [-0.2, -0.15) is 0 Å². The van der Waals surface area contributed by atoms with Crippen LogP contribution in [-0.2, 0) is 6.54 Å². The van der Waals surface area contributed by atoms with Crippen molar-refractivity contribution < 1.29 is 0 Å². The zero-order chi connectivity index (χ0) is 14.5. The minimum atomic E-state index is 0.612. The van der Waals surface area contributed by atoms with Crippen molar-refractivity contribution in [3.8, 4) is 0 Å². The summed E-state index contributed by atoms with van der Waals surface area (Å²) in [5.41, 5.74) is 1.30. The molecule has 112 valence electrons. The first-order chi connectivity index (χ1) is 9.61. The van der Waals surface area contributed by atoms with E-state index in [4.69, 9.17) is 0 Å². The van der Waals surface area contributed by atoms with E-state index in [1.54, 1.807) is 0 Å². The fraction of sp³-hybridized carbons (Fsp3) is 0.706. The highest BCUT2D eigenvalue weighted by molar-refractivity contribution is 5.09. The number of hydrogen-bond donors (Lipinski definition) is 1. The van der Waals surface area contributed by atoms with Crippen LogP contribution < -0.4 is 5.32 Å². The second kappa shape index (κ2) is 7.19. The van der Waals surface area contributed by atoms with Gasteiger partial charge in [0, 0.05) is 31.0 Å². The largest absolute Gasteiger partial charge is 0.313 e. The standard InChI is InChI=1S/C17H29N3/c1-5-19-16-10-13(2)9-14(3)17(16)20(4)12-15-7-6-8-18-11-15/h6-8,11,13-14,16-17,19H,5,9-10,12H2,1-4H3. The maximum Gasteiger partial charge on any atom is 0.0312 e. The van der Waals surface area contributed by atoms with Crippen molar-refractivity contribution in [2.45, 2.75) is 52.2 Å². The van der Waals surface area contributed by atoms with E-state index in [2.05, 4.69) is 49.1 Å². The van der Waals surface area contributed by atoms with Crippen LogP contribution in [-0.4, -0.2) is 35.6 Å². The quantitative estimate of drug-likeness (QED) is 0.895. The molecule has 1 aromatic heterocycles. The number of nitrogens with one attached hydrogen (secondary N) is 1. The van der Waals surface area contributed by atoms with Crippen LogP contribution in [0.4, 0.5) is 0 Å². The van der Waals surface area contributed by atoms with Crippen molar-refractivity contribution >= 4 is 0 Å². The van der Waals surface area contributed by atoms with Gasteiger partial charge in [-0.25, -0.2) is 0 Å². The van der Waals surface area contributed by atoms with Crippen LogP contribution in [0.5, 0.6) is 0 Å². The minimum Gasteiger partial charge on any atom is -0.313 e. The number of pyridine rings is 1. The van der Waals surface area contributed by atoms with Gasteiger partial charge < -0.3 is 5.32 Å². The average Bonchev–Trinajstić information content (AvgIpc) is 2.39. The van der Waals surface area contributed by atoms with E-state index in [9.17, 15) is 0 Å². The highest BCUT2D eigenvalue weighted by atomic mass is 15.2. The number of nitrogens with zero attached hydrogens (tertiary/aromatic N) is 2. The molecule has 0 aromatic carbocycles. The number of hydrogen-bond acceptors (Lipinski definition) is 3. The van der Waals surface area contributed by atoms with Gasteiger partial charge in [0.1, 0.15) is 0 Å².